The summed E-state index contributed by atoms with van der Waals surface area (Å²) >= 11 is 0. The summed E-state index contributed by atoms with van der Waals surface area (Å²) in [6.07, 6.45) is 3.72. The van der Waals surface area contributed by atoms with Crippen LogP contribution in [0.5, 0.6) is 0 Å². The molecule has 0 unspecified atom stereocenters. The van der Waals surface area contributed by atoms with E-state index in [0.29, 0.717) is 19.5 Å². The average molecular weight is 255 g/mol. The summed E-state index contributed by atoms with van der Waals surface area (Å²) in [5.74, 6) is 0.0125. The van der Waals surface area contributed by atoms with Crippen LogP contribution in [0.15, 0.2) is 0 Å². The van der Waals surface area contributed by atoms with E-state index in [4.69, 9.17) is 5.73 Å². The molecule has 1 rings (SSSR count). The van der Waals surface area contributed by atoms with Crippen molar-refractivity contribution in [1.29, 1.82) is 0 Å². The Morgan fingerprint density at radius 1 is 1.22 bits per heavy atom. The van der Waals surface area contributed by atoms with Crippen molar-refractivity contribution in [2.75, 3.05) is 33.7 Å². The molecule has 1 saturated carbocycles. The van der Waals surface area contributed by atoms with Crippen LogP contribution in [0.4, 0.5) is 0 Å². The van der Waals surface area contributed by atoms with E-state index >= 15 is 0 Å². The van der Waals surface area contributed by atoms with Crippen LogP contribution in [-0.2, 0) is 9.59 Å². The first kappa shape index (κ1) is 15.0. The van der Waals surface area contributed by atoms with Gasteiger partial charge in [-0.1, -0.05) is 6.42 Å². The molecule has 0 spiro atoms. The zero-order valence-electron chi connectivity index (χ0n) is 11.7. The molecule has 2 N–H and O–H groups in total. The molecule has 0 aliphatic heterocycles. The molecule has 5 heteroatoms. The Bertz CT molecular complexity index is 306. The third-order valence-corrected chi connectivity index (χ3v) is 3.93. The summed E-state index contributed by atoms with van der Waals surface area (Å²) in [6.45, 7) is 3.21. The minimum atomic E-state index is -0.0411. The molecule has 0 bridgehead atoms. The fourth-order valence-electron chi connectivity index (χ4n) is 2.24. The van der Waals surface area contributed by atoms with E-state index in [9.17, 15) is 9.59 Å². The maximum atomic E-state index is 12.2. The van der Waals surface area contributed by atoms with Gasteiger partial charge in [-0.3, -0.25) is 9.59 Å². The molecular weight excluding hydrogens is 230 g/mol. The Labute approximate surface area is 109 Å². The Hall–Kier alpha value is -1.10. The molecule has 1 fully saturated rings. The van der Waals surface area contributed by atoms with Gasteiger partial charge in [0.25, 0.3) is 0 Å². The molecule has 1 aliphatic rings. The quantitative estimate of drug-likeness (QED) is 0.749. The molecule has 0 heterocycles. The zero-order valence-corrected chi connectivity index (χ0v) is 11.7. The van der Waals surface area contributed by atoms with E-state index in [1.165, 1.54) is 4.90 Å². The Morgan fingerprint density at radius 2 is 1.83 bits per heavy atom. The lowest BCUT2D eigenvalue weighted by atomic mass is 9.66. The van der Waals surface area contributed by atoms with Crippen molar-refractivity contribution in [3.63, 3.8) is 0 Å². The number of nitrogens with zero attached hydrogens (tertiary/aromatic N) is 2. The van der Waals surface area contributed by atoms with E-state index in [-0.39, 0.29) is 23.8 Å². The van der Waals surface area contributed by atoms with E-state index < -0.39 is 0 Å². The van der Waals surface area contributed by atoms with Gasteiger partial charge in [-0.2, -0.15) is 0 Å². The van der Waals surface area contributed by atoms with E-state index in [0.717, 1.165) is 19.3 Å². The van der Waals surface area contributed by atoms with Crippen molar-refractivity contribution in [2.24, 2.45) is 11.1 Å². The number of nitrogens with two attached hydrogens (primary N) is 1. The topological polar surface area (TPSA) is 66.6 Å². The summed E-state index contributed by atoms with van der Waals surface area (Å²) in [5, 5.41) is 0. The second-order valence-corrected chi connectivity index (χ2v) is 5.43. The van der Waals surface area contributed by atoms with Gasteiger partial charge in [0.1, 0.15) is 0 Å². The van der Waals surface area contributed by atoms with Gasteiger partial charge in [0.05, 0.1) is 6.54 Å². The van der Waals surface area contributed by atoms with Crippen molar-refractivity contribution in [2.45, 2.75) is 32.6 Å². The molecule has 18 heavy (non-hydrogen) atoms. The minimum absolute atomic E-state index is 0.00562. The van der Waals surface area contributed by atoms with Gasteiger partial charge in [0.2, 0.25) is 11.8 Å². The molecule has 0 aromatic carbocycles. The van der Waals surface area contributed by atoms with Gasteiger partial charge in [-0.05, 0) is 31.7 Å². The van der Waals surface area contributed by atoms with Gasteiger partial charge in [0.15, 0.2) is 0 Å². The predicted octanol–water partition coefficient (Wildman–Crippen LogP) is 0.442. The number of rotatable bonds is 6. The van der Waals surface area contributed by atoms with E-state index in [1.807, 2.05) is 6.92 Å². The molecule has 2 amide bonds. The molecular formula is C13H25N3O2. The van der Waals surface area contributed by atoms with Gasteiger partial charge in [-0.25, -0.2) is 0 Å². The smallest absolute Gasteiger partial charge is 0.241 e. The maximum Gasteiger partial charge on any atom is 0.241 e. The molecule has 1 aliphatic carbocycles. The monoisotopic (exact) mass is 255 g/mol. The van der Waals surface area contributed by atoms with E-state index in [1.54, 1.807) is 19.0 Å². The highest BCUT2D eigenvalue weighted by Gasteiger charge is 2.38. The highest BCUT2D eigenvalue weighted by molar-refractivity contribution is 5.84. The second-order valence-electron chi connectivity index (χ2n) is 5.43. The SMILES string of the molecule is CCN(CC(=O)N(C)C)C(=O)CC1(CN)CCC1. The number of hydrogen-bond acceptors (Lipinski definition) is 3. The van der Waals surface area contributed by atoms with Crippen LogP contribution in [0, 0.1) is 5.41 Å². The fourth-order valence-corrected chi connectivity index (χ4v) is 2.24. The van der Waals surface area contributed by atoms with Crippen molar-refractivity contribution in [3.05, 3.63) is 0 Å². The number of likely N-dealkylation sites (N-methyl/N-ethyl adjacent to an activating group) is 2. The Morgan fingerprint density at radius 3 is 2.17 bits per heavy atom. The Balaban J connectivity index is 2.54. The van der Waals surface area contributed by atoms with Crippen molar-refractivity contribution in [3.8, 4) is 0 Å². The highest BCUT2D eigenvalue weighted by atomic mass is 16.2. The number of hydrogen-bond donors (Lipinski definition) is 1. The van der Waals surface area contributed by atoms with E-state index in [2.05, 4.69) is 0 Å². The first-order valence-electron chi connectivity index (χ1n) is 6.62. The molecule has 5 nitrogen and oxygen atoms in total. The lowest BCUT2D eigenvalue weighted by Gasteiger charge is -2.41. The molecule has 0 radical (unpaired) electrons. The fraction of sp³-hybridized carbons (Fsp3) is 0.846. The number of carbonyl (C=O) groups excluding carboxylic acids is 2. The summed E-state index contributed by atoms with van der Waals surface area (Å²) in [4.78, 5) is 27.0. The normalized spacial score (nSPS) is 16.9. The number of amides is 2. The second kappa shape index (κ2) is 6.18. The average Bonchev–Trinajstić information content (AvgIpc) is 2.29. The molecule has 0 saturated heterocycles. The summed E-state index contributed by atoms with van der Waals surface area (Å²) < 4.78 is 0. The summed E-state index contributed by atoms with van der Waals surface area (Å²) in [6, 6.07) is 0. The molecule has 0 atom stereocenters. The van der Waals surface area contributed by atoms with Crippen LogP contribution in [-0.4, -0.2) is 55.3 Å². The van der Waals surface area contributed by atoms with Crippen LogP contribution in [0.25, 0.3) is 0 Å². The predicted molar refractivity (Wildman–Crippen MR) is 70.9 cm³/mol. The number of carbonyl (C=O) groups is 2. The summed E-state index contributed by atoms with van der Waals surface area (Å²) in [7, 11) is 3.40. The summed E-state index contributed by atoms with van der Waals surface area (Å²) in [5.41, 5.74) is 5.77. The minimum Gasteiger partial charge on any atom is -0.347 e. The maximum absolute atomic E-state index is 12.2. The van der Waals surface area contributed by atoms with Crippen LogP contribution in [0.2, 0.25) is 0 Å². The van der Waals surface area contributed by atoms with Crippen molar-refractivity contribution in [1.82, 2.24) is 9.80 Å². The van der Waals surface area contributed by atoms with Crippen LogP contribution >= 0.6 is 0 Å². The lowest BCUT2D eigenvalue weighted by Crippen LogP contribution is -2.45. The molecule has 0 aromatic rings. The van der Waals surface area contributed by atoms with Gasteiger partial charge in [-0.15, -0.1) is 0 Å². The standard InChI is InChI=1S/C13H25N3O2/c1-4-16(9-12(18)15(2)3)11(17)8-13(10-14)6-5-7-13/h4-10,14H2,1-3H3. The first-order chi connectivity index (χ1) is 8.44. The van der Waals surface area contributed by atoms with Gasteiger partial charge >= 0.3 is 0 Å². The third kappa shape index (κ3) is 3.45. The first-order valence-corrected chi connectivity index (χ1v) is 6.62. The van der Waals surface area contributed by atoms with Crippen LogP contribution in [0.3, 0.4) is 0 Å². The van der Waals surface area contributed by atoms with Crippen LogP contribution in [0.1, 0.15) is 32.6 Å². The third-order valence-electron chi connectivity index (χ3n) is 3.93. The zero-order chi connectivity index (χ0) is 13.8. The van der Waals surface area contributed by atoms with Gasteiger partial charge < -0.3 is 15.5 Å². The molecule has 104 valence electrons. The Kier molecular flexibility index (Phi) is 5.14. The van der Waals surface area contributed by atoms with Crippen LogP contribution < -0.4 is 5.73 Å². The van der Waals surface area contributed by atoms with Crippen molar-refractivity contribution < 1.29 is 9.59 Å². The molecule has 0 aromatic heterocycles. The largest absolute Gasteiger partial charge is 0.347 e. The highest BCUT2D eigenvalue weighted by Crippen LogP contribution is 2.43. The lowest BCUT2D eigenvalue weighted by molar-refractivity contribution is -0.141. The van der Waals surface area contributed by atoms with Gasteiger partial charge in [0, 0.05) is 27.1 Å². The van der Waals surface area contributed by atoms with Crippen molar-refractivity contribution >= 4 is 11.8 Å².